The van der Waals surface area contributed by atoms with Crippen LogP contribution in [-0.4, -0.2) is 19.2 Å². The minimum atomic E-state index is 0.537. The molecule has 1 atom stereocenters. The molecule has 92 valence electrons. The summed E-state index contributed by atoms with van der Waals surface area (Å²) in [5.74, 6) is 1.01. The lowest BCUT2D eigenvalue weighted by Crippen LogP contribution is -2.38. The molecule has 0 aromatic heterocycles. The van der Waals surface area contributed by atoms with Crippen LogP contribution >= 0.6 is 0 Å². The molecule has 0 radical (unpaired) electrons. The maximum absolute atomic E-state index is 5.88. The minimum absolute atomic E-state index is 0.537. The van der Waals surface area contributed by atoms with Crippen molar-refractivity contribution in [2.75, 3.05) is 13.2 Å². The fourth-order valence-electron chi connectivity index (χ4n) is 2.62. The average molecular weight is 232 g/mol. The number of benzene rings is 1. The second-order valence-corrected chi connectivity index (χ2v) is 4.99. The van der Waals surface area contributed by atoms with E-state index in [9.17, 15) is 0 Å². The van der Waals surface area contributed by atoms with Crippen LogP contribution in [0.4, 0.5) is 0 Å². The molecular weight excluding hydrogens is 212 g/mol. The number of nitrogens with one attached hydrogen (secondary N) is 2. The molecule has 2 N–H and O–H groups in total. The van der Waals surface area contributed by atoms with Crippen LogP contribution in [0.3, 0.4) is 0 Å². The Balaban J connectivity index is 1.57. The first-order chi connectivity index (χ1) is 8.42. The Hall–Kier alpha value is -1.06. The second-order valence-electron chi connectivity index (χ2n) is 4.99. The predicted molar refractivity (Wildman–Crippen MR) is 68.1 cm³/mol. The highest BCUT2D eigenvalue weighted by molar-refractivity contribution is 5.37. The van der Waals surface area contributed by atoms with E-state index in [4.69, 9.17) is 4.74 Å². The van der Waals surface area contributed by atoms with Gasteiger partial charge in [-0.15, -0.1) is 0 Å². The zero-order chi connectivity index (χ0) is 11.5. The second kappa shape index (κ2) is 5.07. The third kappa shape index (κ3) is 2.61. The molecule has 1 unspecified atom stereocenters. The van der Waals surface area contributed by atoms with Gasteiger partial charge >= 0.3 is 0 Å². The van der Waals surface area contributed by atoms with Crippen LogP contribution < -0.4 is 15.4 Å². The van der Waals surface area contributed by atoms with Crippen molar-refractivity contribution in [2.24, 2.45) is 0 Å². The van der Waals surface area contributed by atoms with Crippen LogP contribution in [-0.2, 0) is 13.1 Å². The Bertz CT molecular complexity index is 386. The Labute approximate surface area is 103 Å². The van der Waals surface area contributed by atoms with Gasteiger partial charge in [0.2, 0.25) is 0 Å². The molecule has 3 nitrogen and oxygen atoms in total. The molecule has 0 spiro atoms. The third-order valence-electron chi connectivity index (χ3n) is 3.67. The smallest absolute Gasteiger partial charge is 0.119 e. The minimum Gasteiger partial charge on any atom is -0.492 e. The monoisotopic (exact) mass is 232 g/mol. The number of piperidine rings is 1. The van der Waals surface area contributed by atoms with Gasteiger partial charge in [-0.3, -0.25) is 0 Å². The topological polar surface area (TPSA) is 33.3 Å². The molecule has 0 amide bonds. The summed E-state index contributed by atoms with van der Waals surface area (Å²) in [4.78, 5) is 0. The summed E-state index contributed by atoms with van der Waals surface area (Å²) in [6.07, 6.45) is 3.88. The van der Waals surface area contributed by atoms with Gasteiger partial charge < -0.3 is 15.4 Å². The van der Waals surface area contributed by atoms with Crippen molar-refractivity contribution < 1.29 is 4.74 Å². The molecule has 1 aromatic carbocycles. The van der Waals surface area contributed by atoms with E-state index in [1.54, 1.807) is 0 Å². The van der Waals surface area contributed by atoms with Crippen LogP contribution in [0.5, 0.6) is 5.75 Å². The van der Waals surface area contributed by atoms with Crippen LogP contribution in [0, 0.1) is 0 Å². The van der Waals surface area contributed by atoms with Gasteiger partial charge in [0, 0.05) is 19.1 Å². The molecule has 2 heterocycles. The number of rotatable bonds is 3. The predicted octanol–water partition coefficient (Wildman–Crippen LogP) is 1.81. The van der Waals surface area contributed by atoms with Gasteiger partial charge in [-0.2, -0.15) is 0 Å². The highest BCUT2D eigenvalue weighted by atomic mass is 16.5. The van der Waals surface area contributed by atoms with E-state index in [2.05, 4.69) is 28.8 Å². The average Bonchev–Trinajstić information content (AvgIpc) is 2.85. The van der Waals surface area contributed by atoms with Gasteiger partial charge in [0.1, 0.15) is 12.4 Å². The molecule has 0 bridgehead atoms. The van der Waals surface area contributed by atoms with E-state index < -0.39 is 0 Å². The van der Waals surface area contributed by atoms with Crippen molar-refractivity contribution in [2.45, 2.75) is 38.4 Å². The highest BCUT2D eigenvalue weighted by Gasteiger charge is 2.14. The van der Waals surface area contributed by atoms with Crippen molar-refractivity contribution in [3.63, 3.8) is 0 Å². The Morgan fingerprint density at radius 3 is 3.00 bits per heavy atom. The molecule has 3 rings (SSSR count). The lowest BCUT2D eigenvalue weighted by Gasteiger charge is -2.23. The number of hydrogen-bond acceptors (Lipinski definition) is 3. The van der Waals surface area contributed by atoms with Gasteiger partial charge in [-0.05, 0) is 42.6 Å². The number of hydrogen-bond donors (Lipinski definition) is 2. The maximum atomic E-state index is 5.88. The summed E-state index contributed by atoms with van der Waals surface area (Å²) in [6.45, 7) is 3.92. The van der Waals surface area contributed by atoms with Crippen molar-refractivity contribution >= 4 is 0 Å². The van der Waals surface area contributed by atoms with Gasteiger partial charge in [0.05, 0.1) is 0 Å². The molecule has 2 aliphatic heterocycles. The lowest BCUT2D eigenvalue weighted by atomic mass is 10.1. The van der Waals surface area contributed by atoms with Crippen molar-refractivity contribution in [1.82, 2.24) is 10.6 Å². The molecule has 3 heteroatoms. The van der Waals surface area contributed by atoms with Gasteiger partial charge in [-0.25, -0.2) is 0 Å². The molecule has 1 aromatic rings. The zero-order valence-corrected chi connectivity index (χ0v) is 10.2. The summed E-state index contributed by atoms with van der Waals surface area (Å²) in [5, 5.41) is 6.86. The van der Waals surface area contributed by atoms with E-state index in [0.29, 0.717) is 6.04 Å². The van der Waals surface area contributed by atoms with Crippen molar-refractivity contribution in [3.8, 4) is 5.75 Å². The molecule has 1 fully saturated rings. The van der Waals surface area contributed by atoms with Gasteiger partial charge in [0.25, 0.3) is 0 Å². The normalized spacial score (nSPS) is 23.4. The third-order valence-corrected chi connectivity index (χ3v) is 3.67. The summed E-state index contributed by atoms with van der Waals surface area (Å²) >= 11 is 0. The van der Waals surface area contributed by atoms with E-state index in [-0.39, 0.29) is 0 Å². The molecule has 0 aliphatic carbocycles. The molecular formula is C14H20N2O. The van der Waals surface area contributed by atoms with E-state index >= 15 is 0 Å². The first kappa shape index (κ1) is 11.1. The number of fused-ring (bicyclic) bond motifs is 1. The summed E-state index contributed by atoms with van der Waals surface area (Å²) in [6, 6.07) is 6.99. The largest absolute Gasteiger partial charge is 0.492 e. The first-order valence-electron chi connectivity index (χ1n) is 6.60. The molecule has 1 saturated heterocycles. The van der Waals surface area contributed by atoms with E-state index in [1.165, 1.54) is 30.4 Å². The fraction of sp³-hybridized carbons (Fsp3) is 0.571. The van der Waals surface area contributed by atoms with Crippen LogP contribution in [0.25, 0.3) is 0 Å². The van der Waals surface area contributed by atoms with E-state index in [1.807, 2.05) is 0 Å². The molecule has 2 aliphatic rings. The van der Waals surface area contributed by atoms with Crippen molar-refractivity contribution in [1.29, 1.82) is 0 Å². The van der Waals surface area contributed by atoms with Crippen LogP contribution in [0.1, 0.15) is 30.4 Å². The molecule has 17 heavy (non-hydrogen) atoms. The SMILES string of the molecule is c1cc2c(cc1OCC1CCCCN1)CNC2. The van der Waals surface area contributed by atoms with Crippen LogP contribution in [0.2, 0.25) is 0 Å². The van der Waals surface area contributed by atoms with E-state index in [0.717, 1.165) is 32.0 Å². The first-order valence-corrected chi connectivity index (χ1v) is 6.60. The van der Waals surface area contributed by atoms with Crippen molar-refractivity contribution in [3.05, 3.63) is 29.3 Å². The Morgan fingerprint density at radius 2 is 2.12 bits per heavy atom. The molecule has 0 saturated carbocycles. The highest BCUT2D eigenvalue weighted by Crippen LogP contribution is 2.22. The standard InChI is InChI=1S/C14H20N2O/c1-2-6-16-13(3-1)10-17-14-5-4-11-8-15-9-12(11)7-14/h4-5,7,13,15-16H,1-3,6,8-10H2. The maximum Gasteiger partial charge on any atom is 0.119 e. The zero-order valence-electron chi connectivity index (χ0n) is 10.2. The van der Waals surface area contributed by atoms with Gasteiger partial charge in [0.15, 0.2) is 0 Å². The Kier molecular flexibility index (Phi) is 3.29. The fourth-order valence-corrected chi connectivity index (χ4v) is 2.62. The summed E-state index contributed by atoms with van der Waals surface area (Å²) < 4.78 is 5.88. The Morgan fingerprint density at radius 1 is 1.18 bits per heavy atom. The van der Waals surface area contributed by atoms with Gasteiger partial charge in [-0.1, -0.05) is 12.5 Å². The summed E-state index contributed by atoms with van der Waals surface area (Å²) in [7, 11) is 0. The number of ether oxygens (including phenoxy) is 1. The van der Waals surface area contributed by atoms with Crippen LogP contribution in [0.15, 0.2) is 18.2 Å². The lowest BCUT2D eigenvalue weighted by molar-refractivity contribution is 0.239. The quantitative estimate of drug-likeness (QED) is 0.834. The summed E-state index contributed by atoms with van der Waals surface area (Å²) in [5.41, 5.74) is 2.80.